The fourth-order valence-electron chi connectivity index (χ4n) is 2.82. The summed E-state index contributed by atoms with van der Waals surface area (Å²) >= 11 is 12.2. The molecule has 2 aromatic rings. The maximum Gasteiger partial charge on any atom is 0.340 e. The highest BCUT2D eigenvalue weighted by atomic mass is 35.5. The molecule has 0 N–H and O–H groups in total. The minimum absolute atomic E-state index is 0.00262. The summed E-state index contributed by atoms with van der Waals surface area (Å²) < 4.78 is 37.7. The molecule has 0 aromatic heterocycles. The van der Waals surface area contributed by atoms with Gasteiger partial charge in [0.1, 0.15) is 0 Å². The number of halogens is 2. The van der Waals surface area contributed by atoms with Crippen LogP contribution >= 0.6 is 23.2 Å². The van der Waals surface area contributed by atoms with Crippen LogP contribution in [0.2, 0.25) is 10.0 Å². The number of aryl methyl sites for hydroxylation is 1. The molecule has 10 heteroatoms. The highest BCUT2D eigenvalue weighted by Gasteiger charge is 2.30. The van der Waals surface area contributed by atoms with E-state index in [2.05, 4.69) is 0 Å². The number of rotatable bonds is 9. The van der Waals surface area contributed by atoms with Crippen molar-refractivity contribution in [1.29, 1.82) is 0 Å². The summed E-state index contributed by atoms with van der Waals surface area (Å²) in [6, 6.07) is 8.83. The van der Waals surface area contributed by atoms with E-state index >= 15 is 0 Å². The van der Waals surface area contributed by atoms with Gasteiger partial charge in [0.15, 0.2) is 0 Å². The van der Waals surface area contributed by atoms with Crippen molar-refractivity contribution in [2.45, 2.75) is 31.6 Å². The first-order valence-corrected chi connectivity index (χ1v) is 11.6. The van der Waals surface area contributed by atoms with Gasteiger partial charge in [0, 0.05) is 13.0 Å². The van der Waals surface area contributed by atoms with Crippen LogP contribution in [-0.2, 0) is 24.3 Å². The second-order valence-corrected chi connectivity index (χ2v) is 9.25. The molecule has 0 fully saturated rings. The monoisotopic (exact) mass is 487 g/mol. The Kier molecular flexibility index (Phi) is 8.73. The molecule has 0 aliphatic carbocycles. The van der Waals surface area contributed by atoms with Crippen molar-refractivity contribution in [1.82, 2.24) is 0 Å². The summed E-state index contributed by atoms with van der Waals surface area (Å²) in [6.45, 7) is 3.65. The van der Waals surface area contributed by atoms with E-state index in [0.717, 1.165) is 9.87 Å². The lowest BCUT2D eigenvalue weighted by Gasteiger charge is -2.26. The molecule has 0 bridgehead atoms. The van der Waals surface area contributed by atoms with Crippen molar-refractivity contribution >= 4 is 50.9 Å². The van der Waals surface area contributed by atoms with Crippen LogP contribution in [0.1, 0.15) is 35.7 Å². The Labute approximate surface area is 191 Å². The van der Waals surface area contributed by atoms with E-state index in [4.69, 9.17) is 32.7 Å². The molecule has 168 valence electrons. The maximum absolute atomic E-state index is 13.5. The number of esters is 2. The lowest BCUT2D eigenvalue weighted by atomic mass is 10.1. The molecular formula is C21H23Cl2NO6S. The topological polar surface area (TPSA) is 90.0 Å². The van der Waals surface area contributed by atoms with Crippen molar-refractivity contribution in [2.24, 2.45) is 0 Å². The Morgan fingerprint density at radius 3 is 2.26 bits per heavy atom. The van der Waals surface area contributed by atoms with E-state index < -0.39 is 22.0 Å². The van der Waals surface area contributed by atoms with E-state index in [1.807, 2.05) is 6.92 Å². The number of anilines is 1. The molecule has 31 heavy (non-hydrogen) atoms. The zero-order chi connectivity index (χ0) is 23.2. The first-order chi connectivity index (χ1) is 14.6. The molecular weight excluding hydrogens is 465 g/mol. The van der Waals surface area contributed by atoms with Gasteiger partial charge < -0.3 is 9.47 Å². The number of nitrogens with zero attached hydrogens (tertiary/aromatic N) is 1. The Morgan fingerprint density at radius 2 is 1.68 bits per heavy atom. The minimum atomic E-state index is -4.10. The minimum Gasteiger partial charge on any atom is -0.466 e. The molecule has 0 amide bonds. The summed E-state index contributed by atoms with van der Waals surface area (Å²) in [5, 5.41) is 0.142. The van der Waals surface area contributed by atoms with Crippen LogP contribution in [0.4, 0.5) is 5.69 Å². The molecule has 0 aliphatic heterocycles. The van der Waals surface area contributed by atoms with Crippen molar-refractivity contribution in [2.75, 3.05) is 24.6 Å². The molecule has 0 heterocycles. The van der Waals surface area contributed by atoms with Crippen molar-refractivity contribution in [3.8, 4) is 0 Å². The number of ether oxygens (including phenoxy) is 2. The van der Waals surface area contributed by atoms with E-state index in [1.54, 1.807) is 19.1 Å². The molecule has 0 atom stereocenters. The van der Waals surface area contributed by atoms with Crippen LogP contribution in [0.25, 0.3) is 0 Å². The van der Waals surface area contributed by atoms with Gasteiger partial charge in [-0.2, -0.15) is 0 Å². The Morgan fingerprint density at radius 1 is 1.06 bits per heavy atom. The molecule has 0 aliphatic rings. The van der Waals surface area contributed by atoms with Crippen molar-refractivity contribution in [3.05, 3.63) is 57.6 Å². The van der Waals surface area contributed by atoms with Crippen LogP contribution in [0.3, 0.4) is 0 Å². The summed E-state index contributed by atoms with van der Waals surface area (Å²) in [4.78, 5) is 24.1. The Balaban J connectivity index is 2.57. The third kappa shape index (κ3) is 6.12. The average Bonchev–Trinajstić information content (AvgIpc) is 2.73. The second kappa shape index (κ2) is 10.8. The van der Waals surface area contributed by atoms with E-state index in [1.165, 1.54) is 31.4 Å². The number of sulfonamides is 1. The Bertz CT molecular complexity index is 1050. The second-order valence-electron chi connectivity index (χ2n) is 6.57. The van der Waals surface area contributed by atoms with Gasteiger partial charge in [0.2, 0.25) is 0 Å². The van der Waals surface area contributed by atoms with Crippen LogP contribution in [0, 0.1) is 6.92 Å². The zero-order valence-corrected chi connectivity index (χ0v) is 19.7. The standard InChI is InChI=1S/C21H23Cl2NO6S/c1-4-30-20(25)6-5-11-24(31(27,28)15-9-7-14(2)8-10-15)19-13-18(23)17(22)12-16(19)21(26)29-3/h7-10,12-13H,4-6,11H2,1-3H3. The number of methoxy groups -OCH3 is 1. The van der Waals surface area contributed by atoms with Gasteiger partial charge in [-0.15, -0.1) is 0 Å². The number of carbonyl (C=O) groups excluding carboxylic acids is 2. The number of hydrogen-bond donors (Lipinski definition) is 0. The lowest BCUT2D eigenvalue weighted by Crippen LogP contribution is -2.34. The summed E-state index contributed by atoms with van der Waals surface area (Å²) in [5.74, 6) is -1.22. The van der Waals surface area contributed by atoms with Gasteiger partial charge in [-0.25, -0.2) is 13.2 Å². The van der Waals surface area contributed by atoms with Crippen LogP contribution < -0.4 is 4.31 Å². The van der Waals surface area contributed by atoms with Gasteiger partial charge in [-0.05, 0) is 44.5 Å². The third-order valence-electron chi connectivity index (χ3n) is 4.37. The first-order valence-electron chi connectivity index (χ1n) is 9.44. The van der Waals surface area contributed by atoms with Crippen molar-refractivity contribution < 1.29 is 27.5 Å². The number of benzene rings is 2. The summed E-state index contributed by atoms with van der Waals surface area (Å²) in [7, 11) is -2.93. The largest absolute Gasteiger partial charge is 0.466 e. The predicted molar refractivity (Wildman–Crippen MR) is 119 cm³/mol. The van der Waals surface area contributed by atoms with Gasteiger partial charge in [0.25, 0.3) is 10.0 Å². The zero-order valence-electron chi connectivity index (χ0n) is 17.4. The van der Waals surface area contributed by atoms with Crippen molar-refractivity contribution in [3.63, 3.8) is 0 Å². The fraction of sp³-hybridized carbons (Fsp3) is 0.333. The number of hydrogen-bond acceptors (Lipinski definition) is 6. The first kappa shape index (κ1) is 25.0. The van der Waals surface area contributed by atoms with Gasteiger partial charge in [-0.3, -0.25) is 9.10 Å². The van der Waals surface area contributed by atoms with E-state index in [9.17, 15) is 18.0 Å². The van der Waals surface area contributed by atoms with Gasteiger partial charge >= 0.3 is 11.9 Å². The molecule has 2 aromatic carbocycles. The predicted octanol–water partition coefficient (Wildman–Crippen LogP) is 4.63. The van der Waals surface area contributed by atoms with Gasteiger partial charge in [-0.1, -0.05) is 40.9 Å². The molecule has 0 saturated heterocycles. The normalized spacial score (nSPS) is 11.1. The Hall–Kier alpha value is -2.29. The smallest absolute Gasteiger partial charge is 0.340 e. The highest BCUT2D eigenvalue weighted by molar-refractivity contribution is 7.92. The molecule has 0 spiro atoms. The van der Waals surface area contributed by atoms with Gasteiger partial charge in [0.05, 0.1) is 39.9 Å². The number of carbonyl (C=O) groups is 2. The molecule has 0 saturated carbocycles. The SMILES string of the molecule is CCOC(=O)CCCN(c1cc(Cl)c(Cl)cc1C(=O)OC)S(=O)(=O)c1ccc(C)cc1. The molecule has 0 unspecified atom stereocenters. The summed E-state index contributed by atoms with van der Waals surface area (Å²) in [6.07, 6.45) is 0.160. The quantitative estimate of drug-likeness (QED) is 0.479. The maximum atomic E-state index is 13.5. The summed E-state index contributed by atoms with van der Waals surface area (Å²) in [5.41, 5.74) is 0.826. The molecule has 7 nitrogen and oxygen atoms in total. The highest BCUT2D eigenvalue weighted by Crippen LogP contribution is 2.35. The average molecular weight is 488 g/mol. The van der Waals surface area contributed by atoms with E-state index in [0.29, 0.717) is 0 Å². The molecule has 2 rings (SSSR count). The van der Waals surface area contributed by atoms with Crippen LogP contribution in [-0.4, -0.2) is 40.6 Å². The van der Waals surface area contributed by atoms with E-state index in [-0.39, 0.29) is 52.2 Å². The lowest BCUT2D eigenvalue weighted by molar-refractivity contribution is -0.143. The van der Waals surface area contributed by atoms with Crippen LogP contribution in [0.15, 0.2) is 41.3 Å². The molecule has 0 radical (unpaired) electrons. The fourth-order valence-corrected chi connectivity index (χ4v) is 4.66. The van der Waals surface area contributed by atoms with Crippen LogP contribution in [0.5, 0.6) is 0 Å². The third-order valence-corrected chi connectivity index (χ3v) is 6.92.